The molecule has 0 spiro atoms. The maximum atomic E-state index is 12.3. The molecule has 10 atom stereocenters. The maximum Gasteiger partial charge on any atom is 0.404 e. The van der Waals surface area contributed by atoms with Gasteiger partial charge in [-0.15, -0.1) is 11.6 Å². The summed E-state index contributed by atoms with van der Waals surface area (Å²) in [7, 11) is 0. The number of rotatable bonds is 26. The Hall–Kier alpha value is -2.72. The number of primary amides is 1. The Morgan fingerprint density at radius 3 is 2.09 bits per heavy atom. The van der Waals surface area contributed by atoms with Crippen molar-refractivity contribution in [2.24, 2.45) is 5.73 Å². The molecule has 0 aliphatic carbocycles. The van der Waals surface area contributed by atoms with E-state index >= 15 is 0 Å². The number of nitrogens with zero attached hydrogens (tertiary/aromatic N) is 1. The molecule has 0 bridgehead atoms. The molecule has 2 aliphatic rings. The summed E-state index contributed by atoms with van der Waals surface area (Å²) in [4.78, 5) is 38.1. The lowest BCUT2D eigenvalue weighted by molar-refractivity contribution is -0.367. The lowest BCUT2D eigenvalue weighted by atomic mass is 9.97. The first-order valence-electron chi connectivity index (χ1n) is 19.1. The van der Waals surface area contributed by atoms with Gasteiger partial charge in [-0.3, -0.25) is 9.59 Å². The molecule has 8 N–H and O–H groups in total. The van der Waals surface area contributed by atoms with Crippen LogP contribution in [0.4, 0.5) is 10.5 Å². The maximum absolute atomic E-state index is 12.3. The van der Waals surface area contributed by atoms with Crippen molar-refractivity contribution in [3.05, 3.63) is 29.8 Å². The zero-order valence-electron chi connectivity index (χ0n) is 31.8. The van der Waals surface area contributed by atoms with E-state index in [1.165, 1.54) is 0 Å². The monoisotopic (exact) mass is 822 g/mol. The van der Waals surface area contributed by atoms with Gasteiger partial charge in [-0.25, -0.2) is 4.79 Å². The van der Waals surface area contributed by atoms with Crippen molar-refractivity contribution in [1.29, 1.82) is 0 Å². The highest BCUT2D eigenvalue weighted by Crippen LogP contribution is 2.30. The summed E-state index contributed by atoms with van der Waals surface area (Å²) >= 11 is 5.93. The summed E-state index contributed by atoms with van der Waals surface area (Å²) in [6, 6.07) is 8.30. The average Bonchev–Trinajstić information content (AvgIpc) is 3.18. The predicted molar refractivity (Wildman–Crippen MR) is 199 cm³/mol. The summed E-state index contributed by atoms with van der Waals surface area (Å²) in [6.45, 7) is 2.69. The normalized spacial score (nSPS) is 27.8. The number of esters is 1. The number of anilines is 1. The smallest absolute Gasteiger partial charge is 0.404 e. The van der Waals surface area contributed by atoms with Gasteiger partial charge in [0.1, 0.15) is 48.5 Å². The van der Waals surface area contributed by atoms with Crippen LogP contribution in [0.2, 0.25) is 0 Å². The zero-order chi connectivity index (χ0) is 41.0. The largest absolute Gasteiger partial charge is 0.466 e. The molecule has 2 fully saturated rings. The summed E-state index contributed by atoms with van der Waals surface area (Å²) in [6.07, 6.45) is -13.2. The van der Waals surface area contributed by atoms with Gasteiger partial charge in [0.2, 0.25) is 0 Å². The van der Waals surface area contributed by atoms with Crippen molar-refractivity contribution in [3.8, 4) is 0 Å². The van der Waals surface area contributed by atoms with Crippen LogP contribution in [0.5, 0.6) is 0 Å². The Morgan fingerprint density at radius 1 is 0.786 bits per heavy atom. The Morgan fingerprint density at radius 2 is 1.45 bits per heavy atom. The Bertz CT molecular complexity index is 1290. The second-order valence-corrected chi connectivity index (χ2v) is 13.9. The van der Waals surface area contributed by atoms with E-state index in [-0.39, 0.29) is 51.0 Å². The van der Waals surface area contributed by atoms with Crippen LogP contribution in [-0.4, -0.2) is 169 Å². The molecular formula is C37H59ClN2O16. The van der Waals surface area contributed by atoms with Crippen LogP contribution in [0.3, 0.4) is 0 Å². The number of aliphatic hydroxyl groups is 6. The van der Waals surface area contributed by atoms with E-state index < -0.39 is 80.7 Å². The van der Waals surface area contributed by atoms with Gasteiger partial charge in [-0.2, -0.15) is 0 Å². The van der Waals surface area contributed by atoms with Gasteiger partial charge < -0.3 is 74.4 Å². The van der Waals surface area contributed by atoms with Crippen molar-refractivity contribution >= 4 is 35.1 Å². The Balaban J connectivity index is 1.30. The first kappa shape index (κ1) is 47.7. The minimum Gasteiger partial charge on any atom is -0.466 e. The molecule has 0 saturated carbocycles. The number of halogens is 1. The number of amides is 1. The molecule has 56 heavy (non-hydrogen) atoms. The average molecular weight is 823 g/mol. The third-order valence-corrected chi connectivity index (χ3v) is 9.47. The van der Waals surface area contributed by atoms with E-state index in [9.17, 15) is 45.0 Å². The van der Waals surface area contributed by atoms with Crippen molar-refractivity contribution < 1.29 is 78.2 Å². The number of carbonyl (C=O) groups excluding carboxylic acids is 3. The molecule has 0 aromatic heterocycles. The van der Waals surface area contributed by atoms with Gasteiger partial charge in [0, 0.05) is 50.5 Å². The number of hydrogen-bond acceptors (Lipinski definition) is 17. The molecule has 19 heteroatoms. The number of Topliss-reactive ketones (excluding diaryl/α,β-unsaturated/α-hetero) is 1. The molecule has 1 aromatic rings. The molecule has 1 aromatic carbocycles. The summed E-state index contributed by atoms with van der Waals surface area (Å²) in [5.41, 5.74) is 7.31. The van der Waals surface area contributed by atoms with Gasteiger partial charge in [-0.1, -0.05) is 19.1 Å². The third-order valence-electron chi connectivity index (χ3n) is 9.30. The first-order chi connectivity index (χ1) is 26.9. The van der Waals surface area contributed by atoms with Crippen molar-refractivity contribution in [1.82, 2.24) is 0 Å². The summed E-state index contributed by atoms with van der Waals surface area (Å²) in [5, 5.41) is 61.5. The van der Waals surface area contributed by atoms with Gasteiger partial charge >= 0.3 is 12.1 Å². The second kappa shape index (κ2) is 25.6. The fraction of sp³-hybridized carbons (Fsp3) is 0.757. The van der Waals surface area contributed by atoms with Crippen LogP contribution in [0.1, 0.15) is 57.4 Å². The highest BCUT2D eigenvalue weighted by Gasteiger charge is 2.52. The fourth-order valence-electron chi connectivity index (χ4n) is 6.33. The first-order valence-corrected chi connectivity index (χ1v) is 19.6. The van der Waals surface area contributed by atoms with Gasteiger partial charge in [-0.05, 0) is 49.8 Å². The van der Waals surface area contributed by atoms with Crippen molar-refractivity contribution in [2.75, 3.05) is 63.5 Å². The molecule has 0 radical (unpaired) electrons. The number of benzene rings is 1. The van der Waals surface area contributed by atoms with E-state index in [4.69, 9.17) is 50.5 Å². The highest BCUT2D eigenvalue weighted by atomic mass is 35.5. The molecule has 1 amide bonds. The molecule has 18 nitrogen and oxygen atoms in total. The number of hydrogen-bond donors (Lipinski definition) is 7. The molecule has 2 saturated heterocycles. The number of carbonyl (C=O) groups is 3. The van der Waals surface area contributed by atoms with Gasteiger partial charge in [0.25, 0.3) is 0 Å². The number of aliphatic hydroxyl groups excluding tert-OH is 6. The van der Waals surface area contributed by atoms with Gasteiger partial charge in [0.05, 0.1) is 33.0 Å². The van der Waals surface area contributed by atoms with Crippen LogP contribution >= 0.6 is 11.6 Å². The minimum absolute atomic E-state index is 0.00220. The number of nitrogens with two attached hydrogens (primary N) is 1. The number of ketones is 1. The van der Waals surface area contributed by atoms with E-state index in [2.05, 4.69) is 36.1 Å². The quantitative estimate of drug-likeness (QED) is 0.0365. The molecule has 2 heterocycles. The zero-order valence-corrected chi connectivity index (χ0v) is 32.5. The molecular weight excluding hydrogens is 764 g/mol. The molecule has 3 rings (SSSR count). The van der Waals surface area contributed by atoms with Crippen molar-refractivity contribution in [2.45, 2.75) is 120 Å². The number of aryl methyl sites for hydroxylation is 1. The number of alkyl halides is 1. The second-order valence-electron chi connectivity index (χ2n) is 13.6. The topological polar surface area (TPSA) is 266 Å². The standard InChI is InChI=1S/C37H59ClN2O16/c1-2-15-40(16-14-38)24-12-10-23(11-13-24)6-3-9-28(44)51-18-5-8-25(43)7-4-17-50-19-20-52-36-34(31(47)29(45)26(21-41)54-36)55-35-32(48)33(56-37(39)49)30(46)27(22-42)53-35/h10-13,26-27,29-36,41-42,45-48H,2-9,14-22H2,1H3,(H2,39,49)/t26-,27+,29+,30+,31-,32-,33-,34-,35+,36-/m0/s1. The van der Waals surface area contributed by atoms with E-state index in [0.29, 0.717) is 31.6 Å². The van der Waals surface area contributed by atoms with Crippen molar-refractivity contribution in [3.63, 3.8) is 0 Å². The van der Waals surface area contributed by atoms with Crippen LogP contribution < -0.4 is 10.6 Å². The molecule has 2 aliphatic heterocycles. The minimum atomic E-state index is -1.85. The molecule has 0 unspecified atom stereocenters. The van der Waals surface area contributed by atoms with E-state index in [1.54, 1.807) is 0 Å². The van der Waals surface area contributed by atoms with Crippen LogP contribution in [0.25, 0.3) is 0 Å². The SMILES string of the molecule is CCCN(CCCl)c1ccc(CCCC(=O)OCCCC(=O)CCCOCCO[C@H]2O[C@@H](CO)[C@@H](O)[C@H](O)[C@@H]2O[C@H]2O[C@H](CO)[C@@H](O)[C@H](OC(N)=O)[C@@H]2O)cc1. The lowest BCUT2D eigenvalue weighted by Gasteiger charge is -2.46. The highest BCUT2D eigenvalue weighted by molar-refractivity contribution is 6.18. The van der Waals surface area contributed by atoms with Crippen LogP contribution in [0, 0.1) is 0 Å². The Kier molecular flexibility index (Phi) is 21.8. The van der Waals surface area contributed by atoms with Crippen LogP contribution in [-0.2, 0) is 49.2 Å². The predicted octanol–water partition coefficient (Wildman–Crippen LogP) is -0.102. The Labute approximate surface area is 331 Å². The van der Waals surface area contributed by atoms with E-state index in [1.807, 2.05) is 0 Å². The fourth-order valence-corrected chi connectivity index (χ4v) is 6.53. The summed E-state index contributed by atoms with van der Waals surface area (Å²) < 4.78 is 37.9. The molecule has 320 valence electrons. The lowest BCUT2D eigenvalue weighted by Crippen LogP contribution is -2.65. The third kappa shape index (κ3) is 15.2. The number of ether oxygens (including phenoxy) is 7. The van der Waals surface area contributed by atoms with Gasteiger partial charge in [0.15, 0.2) is 18.7 Å². The van der Waals surface area contributed by atoms with E-state index in [0.717, 1.165) is 37.2 Å². The van der Waals surface area contributed by atoms with Crippen LogP contribution in [0.15, 0.2) is 24.3 Å². The summed E-state index contributed by atoms with van der Waals surface area (Å²) in [5.74, 6) is 0.265.